The third-order valence-corrected chi connectivity index (χ3v) is 8.63. The van der Waals surface area contributed by atoms with Gasteiger partial charge >= 0.3 is 0 Å². The van der Waals surface area contributed by atoms with Gasteiger partial charge in [-0.1, -0.05) is 148 Å². The number of benzene rings is 3. The maximum absolute atomic E-state index is 2.33. The Morgan fingerprint density at radius 2 is 0.800 bits per heavy atom. The summed E-state index contributed by atoms with van der Waals surface area (Å²) in [6.45, 7) is 24.0. The average molecular weight is 541 g/mol. The molecule has 0 spiro atoms. The molecule has 0 saturated heterocycles. The first-order chi connectivity index (χ1) is 19.3. The largest absolute Gasteiger partial charge is 0.324 e. The van der Waals surface area contributed by atoms with E-state index in [0.29, 0.717) is 0 Å². The summed E-state index contributed by atoms with van der Waals surface area (Å²) in [5.41, 5.74) is 9.37. The van der Waals surface area contributed by atoms with E-state index in [1.165, 1.54) is 121 Å². The molecule has 2 heteroatoms. The van der Waals surface area contributed by atoms with Crippen molar-refractivity contribution in [1.82, 2.24) is 0 Å². The van der Waals surface area contributed by atoms with Crippen molar-refractivity contribution in [2.75, 3.05) is 26.2 Å². The van der Waals surface area contributed by atoms with Crippen LogP contribution in [-0.2, 0) is 0 Å². The number of hydrogen-bond donors (Lipinski definition) is 0. The monoisotopic (exact) mass is 540 g/mol. The van der Waals surface area contributed by atoms with Crippen molar-refractivity contribution in [1.29, 1.82) is 0 Å². The molecule has 0 N–H and O–H groups in total. The van der Waals surface area contributed by atoms with Gasteiger partial charge in [-0.05, 0) is 64.5 Å². The van der Waals surface area contributed by atoms with Crippen molar-refractivity contribution in [2.24, 2.45) is 0 Å². The molecular weight excluding hydrogens is 481 g/mol. The van der Waals surface area contributed by atoms with Crippen LogP contribution in [0.25, 0.3) is 0 Å². The predicted octanol–water partition coefficient (Wildman–Crippen LogP) is 8.44. The Morgan fingerprint density at radius 1 is 0.450 bits per heavy atom. The van der Waals surface area contributed by atoms with Gasteiger partial charge < -0.3 is 4.48 Å². The number of nitrogens with zero attached hydrogens (tertiary/aromatic N) is 1. The molecule has 0 aliphatic rings. The number of rotatable bonds is 15. The zero-order valence-corrected chi connectivity index (χ0v) is 27.4. The fraction of sp³-hybridized carbons (Fsp3) is 0.526. The Kier molecular flexibility index (Phi) is 15.4. The zero-order valence-electron chi connectivity index (χ0n) is 27.4. The Balaban J connectivity index is 0.000000296. The summed E-state index contributed by atoms with van der Waals surface area (Å²) in [4.78, 5) is 0. The van der Waals surface area contributed by atoms with E-state index in [0.717, 1.165) is 0 Å². The van der Waals surface area contributed by atoms with Crippen LogP contribution in [0, 0.1) is 27.7 Å². The van der Waals surface area contributed by atoms with E-state index < -0.39 is 0 Å². The fourth-order valence-electron chi connectivity index (χ4n) is 5.68. The molecule has 0 amide bonds. The second-order valence-corrected chi connectivity index (χ2v) is 12.2. The van der Waals surface area contributed by atoms with Crippen LogP contribution in [0.3, 0.4) is 0 Å². The highest BCUT2D eigenvalue weighted by Gasteiger charge is 2.25. The van der Waals surface area contributed by atoms with E-state index in [1.54, 1.807) is 0 Å². The SMILES string of the molecule is CCCC[N+](CCCC)(CCCC)CCCC.Cc1ccc(B(c2ccc(C)cc2)c2ccc(C)c(C)c2)cc1. The maximum Gasteiger partial charge on any atom is 0.241 e. The Labute approximate surface area is 249 Å². The third-order valence-electron chi connectivity index (χ3n) is 8.63. The standard InChI is InChI=1S/C22H23B.C16H36N/c1-16-5-10-20(11-6-16)23(21-12-7-17(2)8-13-21)22-14-9-18(3)19(4)15-22;1-5-9-13-17(14-10-6-2,15-11-7-3)16-12-8-4/h5-15H,1-4H3;5-16H2,1-4H3/q;+1. The first kappa shape index (κ1) is 33.9. The molecule has 3 aromatic rings. The minimum absolute atomic E-state index is 0.287. The highest BCUT2D eigenvalue weighted by Crippen LogP contribution is 2.16. The summed E-state index contributed by atoms with van der Waals surface area (Å²) in [6, 6.07) is 24.7. The molecule has 0 bridgehead atoms. The Bertz CT molecular complexity index is 1000. The van der Waals surface area contributed by atoms with Crippen LogP contribution in [-0.4, -0.2) is 37.4 Å². The predicted molar refractivity (Wildman–Crippen MR) is 182 cm³/mol. The van der Waals surface area contributed by atoms with Crippen molar-refractivity contribution in [2.45, 2.75) is 107 Å². The number of aryl methyl sites for hydroxylation is 4. The molecule has 218 valence electrons. The van der Waals surface area contributed by atoms with Gasteiger partial charge in [0.05, 0.1) is 26.2 Å². The Hall–Kier alpha value is -2.32. The van der Waals surface area contributed by atoms with Crippen LogP contribution in [0.15, 0.2) is 66.7 Å². The van der Waals surface area contributed by atoms with Gasteiger partial charge in [0.1, 0.15) is 0 Å². The minimum Gasteiger partial charge on any atom is -0.324 e. The third kappa shape index (κ3) is 10.9. The van der Waals surface area contributed by atoms with Crippen molar-refractivity contribution in [3.8, 4) is 0 Å². The summed E-state index contributed by atoms with van der Waals surface area (Å²) < 4.78 is 1.42. The second-order valence-electron chi connectivity index (χ2n) is 12.2. The molecule has 0 radical (unpaired) electrons. The topological polar surface area (TPSA) is 0 Å². The molecule has 0 aliphatic carbocycles. The van der Waals surface area contributed by atoms with Crippen LogP contribution in [0.2, 0.25) is 0 Å². The van der Waals surface area contributed by atoms with E-state index in [4.69, 9.17) is 0 Å². The van der Waals surface area contributed by atoms with Gasteiger partial charge in [-0.2, -0.15) is 0 Å². The molecule has 0 atom stereocenters. The number of quaternary nitrogens is 1. The molecule has 0 aromatic heterocycles. The molecule has 0 unspecified atom stereocenters. The molecular formula is C38H59BN+. The van der Waals surface area contributed by atoms with E-state index in [-0.39, 0.29) is 6.71 Å². The van der Waals surface area contributed by atoms with E-state index in [2.05, 4.69) is 122 Å². The minimum atomic E-state index is 0.287. The van der Waals surface area contributed by atoms with Gasteiger partial charge in [0.2, 0.25) is 6.71 Å². The summed E-state index contributed by atoms with van der Waals surface area (Å²) in [5, 5.41) is 0. The van der Waals surface area contributed by atoms with Gasteiger partial charge in [-0.3, -0.25) is 0 Å². The molecule has 3 rings (SSSR count). The van der Waals surface area contributed by atoms with Crippen LogP contribution in [0.1, 0.15) is 101 Å². The Morgan fingerprint density at radius 3 is 1.12 bits per heavy atom. The quantitative estimate of drug-likeness (QED) is 0.134. The van der Waals surface area contributed by atoms with Crippen LogP contribution in [0.4, 0.5) is 0 Å². The van der Waals surface area contributed by atoms with Gasteiger partial charge in [-0.15, -0.1) is 0 Å². The van der Waals surface area contributed by atoms with Crippen molar-refractivity contribution < 1.29 is 4.48 Å². The van der Waals surface area contributed by atoms with E-state index in [9.17, 15) is 0 Å². The smallest absolute Gasteiger partial charge is 0.241 e. The lowest BCUT2D eigenvalue weighted by Crippen LogP contribution is -2.52. The molecule has 40 heavy (non-hydrogen) atoms. The maximum atomic E-state index is 2.33. The summed E-state index contributed by atoms with van der Waals surface area (Å²) in [5.74, 6) is 0. The molecule has 0 saturated carbocycles. The summed E-state index contributed by atoms with van der Waals surface area (Å²) in [6.07, 6.45) is 11.1. The molecule has 0 fully saturated rings. The second kappa shape index (κ2) is 18.2. The van der Waals surface area contributed by atoms with Gasteiger partial charge in [0.15, 0.2) is 0 Å². The lowest BCUT2D eigenvalue weighted by atomic mass is 9.36. The molecule has 3 aromatic carbocycles. The van der Waals surface area contributed by atoms with Gasteiger partial charge in [0.25, 0.3) is 0 Å². The lowest BCUT2D eigenvalue weighted by molar-refractivity contribution is -0.929. The summed E-state index contributed by atoms with van der Waals surface area (Å²) >= 11 is 0. The highest BCUT2D eigenvalue weighted by atomic mass is 15.3. The highest BCUT2D eigenvalue weighted by molar-refractivity contribution is 6.95. The summed E-state index contributed by atoms with van der Waals surface area (Å²) in [7, 11) is 0. The average Bonchev–Trinajstić information content (AvgIpc) is 2.96. The number of unbranched alkanes of at least 4 members (excludes halogenated alkanes) is 4. The van der Waals surface area contributed by atoms with Crippen LogP contribution >= 0.6 is 0 Å². The van der Waals surface area contributed by atoms with E-state index >= 15 is 0 Å². The van der Waals surface area contributed by atoms with Gasteiger partial charge in [-0.25, -0.2) is 0 Å². The van der Waals surface area contributed by atoms with Crippen molar-refractivity contribution in [3.05, 3.63) is 89.0 Å². The van der Waals surface area contributed by atoms with Crippen LogP contribution in [0.5, 0.6) is 0 Å². The molecule has 0 heterocycles. The van der Waals surface area contributed by atoms with Crippen molar-refractivity contribution >= 4 is 23.1 Å². The number of hydrogen-bond acceptors (Lipinski definition) is 0. The lowest BCUT2D eigenvalue weighted by Gasteiger charge is -2.39. The molecule has 0 aliphatic heterocycles. The van der Waals surface area contributed by atoms with Crippen molar-refractivity contribution in [3.63, 3.8) is 0 Å². The zero-order chi connectivity index (χ0) is 29.4. The fourth-order valence-corrected chi connectivity index (χ4v) is 5.68. The first-order valence-corrected chi connectivity index (χ1v) is 16.3. The van der Waals surface area contributed by atoms with E-state index in [1.807, 2.05) is 0 Å². The van der Waals surface area contributed by atoms with Crippen LogP contribution < -0.4 is 16.4 Å². The normalized spacial score (nSPS) is 11.2. The molecule has 1 nitrogen and oxygen atoms in total. The van der Waals surface area contributed by atoms with Gasteiger partial charge in [0, 0.05) is 0 Å². The first-order valence-electron chi connectivity index (χ1n) is 16.3.